The molecule has 2 saturated carbocycles. The summed E-state index contributed by atoms with van der Waals surface area (Å²) in [6, 6.07) is 8.99. The summed E-state index contributed by atoms with van der Waals surface area (Å²) in [5.74, 6) is 2.60. The Hall–Kier alpha value is -2.28. The van der Waals surface area contributed by atoms with E-state index in [4.69, 9.17) is 0 Å². The van der Waals surface area contributed by atoms with Gasteiger partial charge in [0.2, 0.25) is 5.91 Å². The van der Waals surface area contributed by atoms with Crippen molar-refractivity contribution in [2.75, 3.05) is 5.75 Å². The second-order valence-corrected chi connectivity index (χ2v) is 9.83. The largest absolute Gasteiger partial charge is 0.360 e. The lowest BCUT2D eigenvalue weighted by atomic mass is 9.78. The zero-order chi connectivity index (χ0) is 20.7. The number of hydrogen-bond acceptors (Lipinski definition) is 4. The summed E-state index contributed by atoms with van der Waals surface area (Å²) in [4.78, 5) is 16.0. The van der Waals surface area contributed by atoms with E-state index >= 15 is 0 Å². The third-order valence-electron chi connectivity index (χ3n) is 6.79. The molecule has 2 aliphatic rings. The van der Waals surface area contributed by atoms with E-state index in [1.54, 1.807) is 0 Å². The van der Waals surface area contributed by atoms with E-state index in [1.807, 2.05) is 18.3 Å². The third kappa shape index (κ3) is 3.75. The Bertz CT molecular complexity index is 1050. The number of carbonyl (C=O) groups is 1. The number of fused-ring (bicyclic) bond motifs is 1. The van der Waals surface area contributed by atoms with Crippen LogP contribution in [-0.4, -0.2) is 37.5 Å². The van der Waals surface area contributed by atoms with Crippen molar-refractivity contribution in [1.82, 2.24) is 25.1 Å². The summed E-state index contributed by atoms with van der Waals surface area (Å²) < 4.78 is 2.23. The summed E-state index contributed by atoms with van der Waals surface area (Å²) in [5, 5.41) is 14.3. The SMILES string of the molecule is C[C@H]1[C@@H](NC(=O)CSc2nnc(-c3c[nH]c4ccccc34)n2C2CC2)CCC[C@@H]1C. The fourth-order valence-electron chi connectivity index (χ4n) is 4.64. The van der Waals surface area contributed by atoms with Gasteiger partial charge in [0.25, 0.3) is 0 Å². The topological polar surface area (TPSA) is 75.6 Å². The van der Waals surface area contributed by atoms with Gasteiger partial charge in [0.05, 0.1) is 5.75 Å². The van der Waals surface area contributed by atoms with Crippen molar-refractivity contribution in [3.63, 3.8) is 0 Å². The van der Waals surface area contributed by atoms with Crippen LogP contribution in [0.4, 0.5) is 0 Å². The summed E-state index contributed by atoms with van der Waals surface area (Å²) in [7, 11) is 0. The van der Waals surface area contributed by atoms with Gasteiger partial charge in [0.1, 0.15) is 0 Å². The first-order valence-electron chi connectivity index (χ1n) is 11.1. The molecular weight excluding hydrogens is 394 g/mol. The Labute approximate surface area is 181 Å². The Morgan fingerprint density at radius 3 is 2.87 bits per heavy atom. The van der Waals surface area contributed by atoms with Crippen LogP contribution in [-0.2, 0) is 4.79 Å². The average molecular weight is 424 g/mol. The Morgan fingerprint density at radius 1 is 1.20 bits per heavy atom. The van der Waals surface area contributed by atoms with Gasteiger partial charge in [0, 0.05) is 34.7 Å². The number of amides is 1. The van der Waals surface area contributed by atoms with Crippen molar-refractivity contribution in [2.24, 2.45) is 11.8 Å². The number of hydrogen-bond donors (Lipinski definition) is 2. The highest BCUT2D eigenvalue weighted by molar-refractivity contribution is 7.99. The molecule has 0 spiro atoms. The van der Waals surface area contributed by atoms with Crippen molar-refractivity contribution < 1.29 is 4.79 Å². The van der Waals surface area contributed by atoms with Gasteiger partial charge in [0.15, 0.2) is 11.0 Å². The van der Waals surface area contributed by atoms with Gasteiger partial charge < -0.3 is 10.3 Å². The van der Waals surface area contributed by atoms with Crippen LogP contribution in [0.1, 0.15) is 52.0 Å². The van der Waals surface area contributed by atoms with Gasteiger partial charge >= 0.3 is 0 Å². The van der Waals surface area contributed by atoms with Crippen LogP contribution in [0, 0.1) is 11.8 Å². The molecule has 1 aromatic carbocycles. The molecule has 2 aliphatic carbocycles. The highest BCUT2D eigenvalue weighted by atomic mass is 32.2. The van der Waals surface area contributed by atoms with Crippen LogP contribution >= 0.6 is 11.8 Å². The molecule has 2 aromatic heterocycles. The number of H-pyrrole nitrogens is 1. The van der Waals surface area contributed by atoms with E-state index in [0.29, 0.717) is 29.7 Å². The van der Waals surface area contributed by atoms with E-state index in [9.17, 15) is 4.79 Å². The highest BCUT2D eigenvalue weighted by Gasteiger charge is 2.32. The average Bonchev–Trinajstić information content (AvgIpc) is 3.36. The van der Waals surface area contributed by atoms with Gasteiger partial charge in [-0.15, -0.1) is 10.2 Å². The second kappa shape index (κ2) is 8.10. The first-order valence-corrected chi connectivity index (χ1v) is 12.0. The van der Waals surface area contributed by atoms with Gasteiger partial charge in [-0.05, 0) is 37.2 Å². The van der Waals surface area contributed by atoms with Crippen LogP contribution in [0.5, 0.6) is 0 Å². The minimum absolute atomic E-state index is 0.102. The van der Waals surface area contributed by atoms with Crippen molar-refractivity contribution in [2.45, 2.75) is 63.2 Å². The maximum atomic E-state index is 12.6. The van der Waals surface area contributed by atoms with Gasteiger partial charge in [-0.3, -0.25) is 9.36 Å². The molecule has 2 N–H and O–H groups in total. The molecule has 0 aliphatic heterocycles. The Balaban J connectivity index is 1.32. The van der Waals surface area contributed by atoms with Crippen LogP contribution < -0.4 is 5.32 Å². The van der Waals surface area contributed by atoms with E-state index < -0.39 is 0 Å². The quantitative estimate of drug-likeness (QED) is 0.559. The summed E-state index contributed by atoms with van der Waals surface area (Å²) in [5.41, 5.74) is 2.17. The maximum Gasteiger partial charge on any atom is 0.230 e. The number of para-hydroxylation sites is 1. The van der Waals surface area contributed by atoms with Crippen LogP contribution in [0.25, 0.3) is 22.3 Å². The molecular formula is C23H29N5OS. The van der Waals surface area contributed by atoms with Gasteiger partial charge in [-0.25, -0.2) is 0 Å². The fraction of sp³-hybridized carbons (Fsp3) is 0.522. The monoisotopic (exact) mass is 423 g/mol. The molecule has 2 heterocycles. The predicted octanol–water partition coefficient (Wildman–Crippen LogP) is 4.79. The molecule has 0 bridgehead atoms. The highest BCUT2D eigenvalue weighted by Crippen LogP contribution is 2.42. The zero-order valence-electron chi connectivity index (χ0n) is 17.6. The molecule has 30 heavy (non-hydrogen) atoms. The lowest BCUT2D eigenvalue weighted by Crippen LogP contribution is -2.44. The summed E-state index contributed by atoms with van der Waals surface area (Å²) in [6.45, 7) is 4.56. The molecule has 3 aromatic rings. The Morgan fingerprint density at radius 2 is 2.03 bits per heavy atom. The molecule has 158 valence electrons. The number of aromatic amines is 1. The molecule has 2 fully saturated rings. The van der Waals surface area contributed by atoms with Crippen molar-refractivity contribution in [1.29, 1.82) is 0 Å². The lowest BCUT2D eigenvalue weighted by Gasteiger charge is -2.34. The van der Waals surface area contributed by atoms with Crippen LogP contribution in [0.15, 0.2) is 35.6 Å². The first-order chi connectivity index (χ1) is 14.6. The first kappa shape index (κ1) is 19.7. The zero-order valence-corrected chi connectivity index (χ0v) is 18.4. The third-order valence-corrected chi connectivity index (χ3v) is 7.74. The molecule has 1 amide bonds. The maximum absolute atomic E-state index is 12.6. The van der Waals surface area contributed by atoms with Gasteiger partial charge in [-0.1, -0.05) is 56.7 Å². The molecule has 3 atom stereocenters. The number of thioether (sulfide) groups is 1. The lowest BCUT2D eigenvalue weighted by molar-refractivity contribution is -0.120. The molecule has 5 rings (SSSR count). The smallest absolute Gasteiger partial charge is 0.230 e. The van der Waals surface area contributed by atoms with Gasteiger partial charge in [-0.2, -0.15) is 0 Å². The number of nitrogens with one attached hydrogen (secondary N) is 2. The second-order valence-electron chi connectivity index (χ2n) is 8.89. The normalized spacial score (nSPS) is 24.3. The predicted molar refractivity (Wildman–Crippen MR) is 120 cm³/mol. The number of nitrogens with zero attached hydrogens (tertiary/aromatic N) is 3. The van der Waals surface area contributed by atoms with E-state index in [0.717, 1.165) is 46.7 Å². The molecule has 0 unspecified atom stereocenters. The van der Waals surface area contributed by atoms with E-state index in [-0.39, 0.29) is 5.91 Å². The number of aromatic nitrogens is 4. The molecule has 0 saturated heterocycles. The number of benzene rings is 1. The van der Waals surface area contributed by atoms with Crippen molar-refractivity contribution in [3.05, 3.63) is 30.5 Å². The van der Waals surface area contributed by atoms with E-state index in [2.05, 4.69) is 51.0 Å². The molecule has 0 radical (unpaired) electrons. The van der Waals surface area contributed by atoms with Crippen LogP contribution in [0.3, 0.4) is 0 Å². The Kier molecular flexibility index (Phi) is 5.31. The van der Waals surface area contributed by atoms with Crippen LogP contribution in [0.2, 0.25) is 0 Å². The summed E-state index contributed by atoms with van der Waals surface area (Å²) >= 11 is 1.50. The van der Waals surface area contributed by atoms with Crippen molar-refractivity contribution >= 4 is 28.6 Å². The number of rotatable bonds is 6. The minimum atomic E-state index is 0.102. The minimum Gasteiger partial charge on any atom is -0.360 e. The standard InChI is InChI=1S/C23H29N5OS/c1-14-6-5-9-19(15(14)2)25-21(29)13-30-23-27-26-22(28(23)16-10-11-16)18-12-24-20-8-4-3-7-17(18)20/h3-4,7-8,12,14-16,19,24H,5-6,9-11,13H2,1-2H3,(H,25,29)/t14-,15+,19-/m0/s1. The van der Waals surface area contributed by atoms with E-state index in [1.165, 1.54) is 24.6 Å². The summed E-state index contributed by atoms with van der Waals surface area (Å²) in [6.07, 6.45) is 7.86. The molecule has 6 nitrogen and oxygen atoms in total. The van der Waals surface area contributed by atoms with Crippen molar-refractivity contribution in [3.8, 4) is 11.4 Å². The fourth-order valence-corrected chi connectivity index (χ4v) is 5.46. The number of carbonyl (C=O) groups excluding carboxylic acids is 1. The molecule has 7 heteroatoms.